The minimum atomic E-state index is -0.506. The van der Waals surface area contributed by atoms with E-state index in [0.717, 1.165) is 19.3 Å². The molecule has 2 bridgehead atoms. The number of anilines is 1. The van der Waals surface area contributed by atoms with Crippen LogP contribution in [0.4, 0.5) is 5.69 Å². The normalized spacial score (nSPS) is 23.4. The quantitative estimate of drug-likeness (QED) is 0.528. The maximum Gasteiger partial charge on any atom is 0.337 e. The molecule has 166 valence electrons. The summed E-state index contributed by atoms with van der Waals surface area (Å²) in [7, 11) is 1.29. The number of hydrogen-bond acceptors (Lipinski definition) is 6. The molecule has 2 aromatic rings. The number of benzene rings is 2. The summed E-state index contributed by atoms with van der Waals surface area (Å²) in [5.74, 6) is -2.05. The first-order valence-electron chi connectivity index (χ1n) is 10.7. The Balaban J connectivity index is 1.36. The topological polar surface area (TPSA) is 98.8 Å². The summed E-state index contributed by atoms with van der Waals surface area (Å²) in [5.41, 5.74) is 1.44. The molecule has 4 rings (SSSR count). The Morgan fingerprint density at radius 3 is 2.19 bits per heavy atom. The smallest absolute Gasteiger partial charge is 0.337 e. The molecule has 0 saturated heterocycles. The Kier molecular flexibility index (Phi) is 6.35. The van der Waals surface area contributed by atoms with Crippen LogP contribution in [-0.4, -0.2) is 37.3 Å². The molecule has 2 aliphatic rings. The fraction of sp³-hybridized carbons (Fsp3) is 0.360. The molecule has 0 spiro atoms. The third-order valence-electron chi connectivity index (χ3n) is 6.48. The maximum absolute atomic E-state index is 13.1. The van der Waals surface area contributed by atoms with Gasteiger partial charge in [-0.05, 0) is 55.4 Å². The minimum absolute atomic E-state index is 0.0186. The molecule has 7 nitrogen and oxygen atoms in total. The van der Waals surface area contributed by atoms with Gasteiger partial charge in [0, 0.05) is 17.2 Å². The van der Waals surface area contributed by atoms with E-state index in [4.69, 9.17) is 4.74 Å². The van der Waals surface area contributed by atoms with Gasteiger partial charge in [-0.2, -0.15) is 0 Å². The summed E-state index contributed by atoms with van der Waals surface area (Å²) in [5, 5.41) is 2.63. The highest BCUT2D eigenvalue weighted by atomic mass is 16.5. The van der Waals surface area contributed by atoms with Gasteiger partial charge in [-0.25, -0.2) is 4.79 Å². The Morgan fingerprint density at radius 1 is 0.875 bits per heavy atom. The Bertz CT molecular complexity index is 1020. The van der Waals surface area contributed by atoms with Crippen molar-refractivity contribution in [2.45, 2.75) is 19.3 Å². The lowest BCUT2D eigenvalue weighted by Gasteiger charge is -2.28. The molecule has 0 radical (unpaired) electrons. The lowest BCUT2D eigenvalue weighted by atomic mass is 9.75. The molecule has 4 atom stereocenters. The molecule has 2 fully saturated rings. The molecule has 0 unspecified atom stereocenters. The van der Waals surface area contributed by atoms with Crippen molar-refractivity contribution in [3.63, 3.8) is 0 Å². The monoisotopic (exact) mass is 435 g/mol. The average Bonchev–Trinajstić information content (AvgIpc) is 3.44. The Labute approximate surface area is 186 Å². The highest BCUT2D eigenvalue weighted by molar-refractivity contribution is 6.01. The molecule has 1 N–H and O–H groups in total. The van der Waals surface area contributed by atoms with Gasteiger partial charge in [0.15, 0.2) is 12.4 Å². The molecule has 2 aromatic carbocycles. The zero-order chi connectivity index (χ0) is 22.7. The van der Waals surface area contributed by atoms with Crippen molar-refractivity contribution >= 4 is 29.3 Å². The number of amides is 1. The number of nitrogens with one attached hydrogen (secondary N) is 1. The summed E-state index contributed by atoms with van der Waals surface area (Å²) in [6.07, 6.45) is 2.70. The number of ketones is 1. The van der Waals surface area contributed by atoms with Gasteiger partial charge in [-0.3, -0.25) is 14.4 Å². The largest absolute Gasteiger partial charge is 0.465 e. The van der Waals surface area contributed by atoms with Crippen molar-refractivity contribution in [3.8, 4) is 0 Å². The number of methoxy groups -OCH3 is 1. The molecule has 0 heterocycles. The van der Waals surface area contributed by atoms with Gasteiger partial charge in [-0.1, -0.05) is 30.3 Å². The zero-order valence-electron chi connectivity index (χ0n) is 17.8. The van der Waals surface area contributed by atoms with Crippen LogP contribution < -0.4 is 5.32 Å². The second-order valence-electron chi connectivity index (χ2n) is 8.34. The number of ether oxygens (including phenoxy) is 2. The van der Waals surface area contributed by atoms with E-state index < -0.39 is 36.3 Å². The zero-order valence-corrected chi connectivity index (χ0v) is 17.8. The van der Waals surface area contributed by atoms with Crippen LogP contribution in [0.3, 0.4) is 0 Å². The van der Waals surface area contributed by atoms with Gasteiger partial charge in [0.25, 0.3) is 5.91 Å². The van der Waals surface area contributed by atoms with Crippen LogP contribution in [0.5, 0.6) is 0 Å². The molecular formula is C25H25NO6. The number of carbonyl (C=O) groups excluding carboxylic acids is 4. The first-order chi connectivity index (χ1) is 15.5. The van der Waals surface area contributed by atoms with E-state index >= 15 is 0 Å². The van der Waals surface area contributed by atoms with Gasteiger partial charge in [0.2, 0.25) is 0 Å². The molecule has 7 heteroatoms. The van der Waals surface area contributed by atoms with E-state index in [2.05, 4.69) is 10.1 Å². The predicted molar refractivity (Wildman–Crippen MR) is 116 cm³/mol. The molecule has 0 aliphatic heterocycles. The molecule has 2 aliphatic carbocycles. The van der Waals surface area contributed by atoms with Gasteiger partial charge >= 0.3 is 11.9 Å². The van der Waals surface area contributed by atoms with Crippen LogP contribution >= 0.6 is 0 Å². The van der Waals surface area contributed by atoms with Crippen molar-refractivity contribution < 1.29 is 28.7 Å². The molecule has 32 heavy (non-hydrogen) atoms. The number of fused-ring (bicyclic) bond motifs is 2. The molecule has 2 saturated carbocycles. The molecule has 1 amide bonds. The van der Waals surface area contributed by atoms with E-state index in [1.165, 1.54) is 19.2 Å². The van der Waals surface area contributed by atoms with Crippen LogP contribution in [0.25, 0.3) is 0 Å². The highest BCUT2D eigenvalue weighted by Crippen LogP contribution is 2.53. The van der Waals surface area contributed by atoms with Crippen molar-refractivity contribution in [1.82, 2.24) is 0 Å². The highest BCUT2D eigenvalue weighted by Gasteiger charge is 2.54. The van der Waals surface area contributed by atoms with E-state index in [1.54, 1.807) is 24.3 Å². The van der Waals surface area contributed by atoms with Gasteiger partial charge in [0.05, 0.1) is 18.6 Å². The van der Waals surface area contributed by atoms with Gasteiger partial charge < -0.3 is 14.8 Å². The predicted octanol–water partition coefficient (Wildman–Crippen LogP) is 3.50. The van der Waals surface area contributed by atoms with Gasteiger partial charge in [-0.15, -0.1) is 0 Å². The Hall–Kier alpha value is -3.48. The van der Waals surface area contributed by atoms with E-state index in [-0.39, 0.29) is 17.6 Å². The maximum atomic E-state index is 13.1. The van der Waals surface area contributed by atoms with E-state index in [1.807, 2.05) is 18.2 Å². The number of carbonyl (C=O) groups is 4. The summed E-state index contributed by atoms with van der Waals surface area (Å²) in [6.45, 7) is -0.433. The number of rotatable bonds is 7. The van der Waals surface area contributed by atoms with Crippen molar-refractivity contribution in [2.75, 3.05) is 19.0 Å². The van der Waals surface area contributed by atoms with Crippen LogP contribution in [0, 0.1) is 23.7 Å². The fourth-order valence-electron chi connectivity index (χ4n) is 5.04. The Morgan fingerprint density at radius 2 is 1.53 bits per heavy atom. The van der Waals surface area contributed by atoms with Crippen LogP contribution in [0.15, 0.2) is 54.6 Å². The first kappa shape index (κ1) is 21.7. The van der Waals surface area contributed by atoms with Crippen LogP contribution in [-0.2, 0) is 19.1 Å². The van der Waals surface area contributed by atoms with Crippen molar-refractivity contribution in [2.24, 2.45) is 23.7 Å². The number of esters is 2. The average molecular weight is 435 g/mol. The van der Waals surface area contributed by atoms with Crippen LogP contribution in [0.2, 0.25) is 0 Å². The SMILES string of the molecule is COC(=O)c1ccc(NC(=O)COC(=O)[C@@H]2[C@H]3CC[C@@H](C3)[C@H]2C(=O)c2ccccc2)cc1. The summed E-state index contributed by atoms with van der Waals surface area (Å²) >= 11 is 0. The van der Waals surface area contributed by atoms with Gasteiger partial charge in [0.1, 0.15) is 0 Å². The number of hydrogen-bond donors (Lipinski definition) is 1. The van der Waals surface area contributed by atoms with E-state index in [9.17, 15) is 19.2 Å². The number of Topliss-reactive ketones (excluding diaryl/α,β-unsaturated/α-hetero) is 1. The van der Waals surface area contributed by atoms with Crippen molar-refractivity contribution in [3.05, 3.63) is 65.7 Å². The van der Waals surface area contributed by atoms with Crippen LogP contribution in [0.1, 0.15) is 40.0 Å². The lowest BCUT2D eigenvalue weighted by molar-refractivity contribution is -0.154. The third-order valence-corrected chi connectivity index (χ3v) is 6.48. The second kappa shape index (κ2) is 9.34. The minimum Gasteiger partial charge on any atom is -0.465 e. The standard InChI is InChI=1S/C25H25NO6/c1-31-24(29)16-9-11-19(12-10-16)26-20(27)14-32-25(30)22-18-8-7-17(13-18)21(22)23(28)15-5-3-2-4-6-15/h2-6,9-12,17-18,21-22H,7-8,13-14H2,1H3,(H,26,27)/t17-,18-,21+,22+/m0/s1. The summed E-state index contributed by atoms with van der Waals surface area (Å²) in [6, 6.07) is 15.2. The third kappa shape index (κ3) is 4.42. The first-order valence-corrected chi connectivity index (χ1v) is 10.7. The summed E-state index contributed by atoms with van der Waals surface area (Å²) in [4.78, 5) is 49.7. The van der Waals surface area contributed by atoms with Crippen molar-refractivity contribution in [1.29, 1.82) is 0 Å². The summed E-state index contributed by atoms with van der Waals surface area (Å²) < 4.78 is 9.97. The van der Waals surface area contributed by atoms with E-state index in [0.29, 0.717) is 16.8 Å². The second-order valence-corrected chi connectivity index (χ2v) is 8.34. The molecule has 0 aromatic heterocycles. The lowest BCUT2D eigenvalue weighted by Crippen LogP contribution is -2.37. The fourth-order valence-corrected chi connectivity index (χ4v) is 5.04. The molecular weight excluding hydrogens is 410 g/mol.